The van der Waals surface area contributed by atoms with Crippen molar-refractivity contribution in [3.8, 4) is 0 Å². The summed E-state index contributed by atoms with van der Waals surface area (Å²) in [6, 6.07) is 2.14. The average Bonchev–Trinajstić information content (AvgIpc) is 2.33. The molecule has 0 radical (unpaired) electrons. The van der Waals surface area contributed by atoms with Crippen molar-refractivity contribution in [3.05, 3.63) is 23.0 Å². The minimum absolute atomic E-state index is 0.498. The number of aryl methyl sites for hydroxylation is 1. The Morgan fingerprint density at radius 2 is 2.07 bits per heavy atom. The number of nitrogens with two attached hydrogens (primary N) is 1. The van der Waals surface area contributed by atoms with Gasteiger partial charge in [0.05, 0.1) is 6.61 Å². The molecular weight excluding hydrogens is 176 g/mol. The number of hydrogen-bond acceptors (Lipinski definition) is 2. The van der Waals surface area contributed by atoms with E-state index in [9.17, 15) is 0 Å². The van der Waals surface area contributed by atoms with Crippen LogP contribution in [0.3, 0.4) is 0 Å². The van der Waals surface area contributed by atoms with Gasteiger partial charge in [0.1, 0.15) is 0 Å². The number of aromatic nitrogens is 1. The molecule has 1 aromatic heterocycles. The van der Waals surface area contributed by atoms with E-state index >= 15 is 0 Å². The highest BCUT2D eigenvalue weighted by Crippen LogP contribution is 2.17. The van der Waals surface area contributed by atoms with Gasteiger partial charge in [0.2, 0.25) is 0 Å². The Balaban J connectivity index is 2.92. The molecule has 1 rings (SSSR count). The van der Waals surface area contributed by atoms with Crippen molar-refractivity contribution in [1.82, 2.24) is 4.57 Å². The fraction of sp³-hybridized carbons (Fsp3) is 0.636. The minimum Gasteiger partial charge on any atom is -0.349 e. The van der Waals surface area contributed by atoms with E-state index in [0.29, 0.717) is 12.5 Å². The molecule has 0 saturated carbocycles. The van der Waals surface area contributed by atoms with Crippen LogP contribution in [0.15, 0.2) is 6.07 Å². The fourth-order valence-electron chi connectivity index (χ4n) is 1.75. The molecule has 0 aliphatic heterocycles. The third-order valence-corrected chi connectivity index (χ3v) is 2.47. The van der Waals surface area contributed by atoms with Gasteiger partial charge in [0, 0.05) is 23.5 Å². The lowest BCUT2D eigenvalue weighted by Gasteiger charge is -2.12. The van der Waals surface area contributed by atoms with E-state index in [2.05, 4.69) is 43.2 Å². The summed E-state index contributed by atoms with van der Waals surface area (Å²) in [5.74, 6) is 5.74. The molecule has 0 aliphatic rings. The Kier molecular flexibility index (Phi) is 3.72. The summed E-state index contributed by atoms with van der Waals surface area (Å²) in [6.07, 6.45) is 0. The maximum Gasteiger partial charge on any atom is 0.0947 e. The van der Waals surface area contributed by atoms with Crippen LogP contribution in [0.1, 0.15) is 30.8 Å². The topological polar surface area (TPSA) is 40.2 Å². The SMILES string of the molecule is Cc1cc(CON)c(C)n1CC(C)C. The lowest BCUT2D eigenvalue weighted by atomic mass is 10.2. The first-order chi connectivity index (χ1) is 6.56. The summed E-state index contributed by atoms with van der Waals surface area (Å²) in [5, 5.41) is 0. The molecule has 14 heavy (non-hydrogen) atoms. The summed E-state index contributed by atoms with van der Waals surface area (Å²) in [5.41, 5.74) is 3.73. The molecule has 0 saturated heterocycles. The standard InChI is InChI=1S/C11H20N2O/c1-8(2)6-13-9(3)5-11(7-14-12)10(13)4/h5,8H,6-7,12H2,1-4H3. The molecule has 3 nitrogen and oxygen atoms in total. The second kappa shape index (κ2) is 4.62. The van der Waals surface area contributed by atoms with E-state index in [0.717, 1.165) is 6.54 Å². The van der Waals surface area contributed by atoms with Crippen molar-refractivity contribution in [2.75, 3.05) is 0 Å². The Labute approximate surface area is 85.8 Å². The average molecular weight is 196 g/mol. The molecule has 1 heterocycles. The molecular formula is C11H20N2O. The first-order valence-corrected chi connectivity index (χ1v) is 5.03. The van der Waals surface area contributed by atoms with E-state index in [-0.39, 0.29) is 0 Å². The van der Waals surface area contributed by atoms with E-state index in [4.69, 9.17) is 5.90 Å². The zero-order valence-corrected chi connectivity index (χ0v) is 9.50. The summed E-state index contributed by atoms with van der Waals surface area (Å²) in [6.45, 7) is 10.2. The lowest BCUT2D eigenvalue weighted by Crippen LogP contribution is -2.08. The van der Waals surface area contributed by atoms with Crippen LogP contribution in [0.25, 0.3) is 0 Å². The first-order valence-electron chi connectivity index (χ1n) is 5.03. The van der Waals surface area contributed by atoms with Gasteiger partial charge in [-0.1, -0.05) is 13.8 Å². The molecule has 0 unspecified atom stereocenters. The maximum absolute atomic E-state index is 5.08. The van der Waals surface area contributed by atoms with Gasteiger partial charge in [-0.05, 0) is 25.8 Å². The van der Waals surface area contributed by atoms with Crippen LogP contribution in [0.5, 0.6) is 0 Å². The van der Waals surface area contributed by atoms with Gasteiger partial charge in [-0.2, -0.15) is 0 Å². The third kappa shape index (κ3) is 2.36. The molecule has 0 aliphatic carbocycles. The van der Waals surface area contributed by atoms with Crippen LogP contribution in [0, 0.1) is 19.8 Å². The van der Waals surface area contributed by atoms with Crippen LogP contribution in [0.2, 0.25) is 0 Å². The van der Waals surface area contributed by atoms with Crippen molar-refractivity contribution in [2.45, 2.75) is 40.8 Å². The molecule has 0 fully saturated rings. The quantitative estimate of drug-likeness (QED) is 0.749. The van der Waals surface area contributed by atoms with Crippen LogP contribution in [0.4, 0.5) is 0 Å². The van der Waals surface area contributed by atoms with Gasteiger partial charge in [0.25, 0.3) is 0 Å². The molecule has 1 aromatic rings. The smallest absolute Gasteiger partial charge is 0.0947 e. The summed E-state index contributed by atoms with van der Waals surface area (Å²) >= 11 is 0. The number of nitrogens with zero attached hydrogens (tertiary/aromatic N) is 1. The van der Waals surface area contributed by atoms with Gasteiger partial charge in [-0.15, -0.1) is 0 Å². The highest BCUT2D eigenvalue weighted by Gasteiger charge is 2.09. The highest BCUT2D eigenvalue weighted by molar-refractivity contribution is 5.26. The zero-order valence-electron chi connectivity index (χ0n) is 9.50. The molecule has 0 aromatic carbocycles. The second-order valence-electron chi connectivity index (χ2n) is 4.21. The van der Waals surface area contributed by atoms with E-state index in [1.165, 1.54) is 17.0 Å². The minimum atomic E-state index is 0.498. The molecule has 0 spiro atoms. The molecule has 0 atom stereocenters. The van der Waals surface area contributed by atoms with Crippen molar-refractivity contribution in [3.63, 3.8) is 0 Å². The van der Waals surface area contributed by atoms with E-state index in [1.807, 2.05) is 0 Å². The van der Waals surface area contributed by atoms with Gasteiger partial charge in [0.15, 0.2) is 0 Å². The summed E-state index contributed by atoms with van der Waals surface area (Å²) < 4.78 is 2.32. The second-order valence-corrected chi connectivity index (χ2v) is 4.21. The Bertz CT molecular complexity index is 302. The monoisotopic (exact) mass is 196 g/mol. The number of hydrogen-bond donors (Lipinski definition) is 1. The van der Waals surface area contributed by atoms with Crippen molar-refractivity contribution < 1.29 is 4.84 Å². The molecule has 80 valence electrons. The van der Waals surface area contributed by atoms with Crippen LogP contribution in [-0.4, -0.2) is 4.57 Å². The molecule has 2 N–H and O–H groups in total. The molecule has 0 bridgehead atoms. The van der Waals surface area contributed by atoms with Crippen molar-refractivity contribution >= 4 is 0 Å². The van der Waals surface area contributed by atoms with Gasteiger partial charge < -0.3 is 4.57 Å². The molecule has 3 heteroatoms. The van der Waals surface area contributed by atoms with E-state index < -0.39 is 0 Å². The van der Waals surface area contributed by atoms with Gasteiger partial charge in [-0.3, -0.25) is 4.84 Å². The maximum atomic E-state index is 5.08. The third-order valence-electron chi connectivity index (χ3n) is 2.47. The Morgan fingerprint density at radius 3 is 2.57 bits per heavy atom. The highest BCUT2D eigenvalue weighted by atomic mass is 16.6. The van der Waals surface area contributed by atoms with Crippen molar-refractivity contribution in [1.29, 1.82) is 0 Å². The summed E-state index contributed by atoms with van der Waals surface area (Å²) in [7, 11) is 0. The normalized spacial score (nSPS) is 11.3. The van der Waals surface area contributed by atoms with Crippen LogP contribution >= 0.6 is 0 Å². The molecule has 0 amide bonds. The largest absolute Gasteiger partial charge is 0.349 e. The van der Waals surface area contributed by atoms with Crippen molar-refractivity contribution in [2.24, 2.45) is 11.8 Å². The summed E-state index contributed by atoms with van der Waals surface area (Å²) in [4.78, 5) is 4.67. The van der Waals surface area contributed by atoms with Crippen LogP contribution < -0.4 is 5.90 Å². The zero-order chi connectivity index (χ0) is 10.7. The predicted molar refractivity (Wildman–Crippen MR) is 57.7 cm³/mol. The fourth-order valence-corrected chi connectivity index (χ4v) is 1.75. The van der Waals surface area contributed by atoms with Gasteiger partial charge >= 0.3 is 0 Å². The first kappa shape index (κ1) is 11.3. The Hall–Kier alpha value is -0.800. The van der Waals surface area contributed by atoms with Gasteiger partial charge in [-0.25, -0.2) is 5.90 Å². The Morgan fingerprint density at radius 1 is 1.43 bits per heavy atom. The predicted octanol–water partition coefficient (Wildman–Crippen LogP) is 2.15. The van der Waals surface area contributed by atoms with E-state index in [1.54, 1.807) is 0 Å². The lowest BCUT2D eigenvalue weighted by molar-refractivity contribution is 0.123. The van der Waals surface area contributed by atoms with Crippen LogP contribution in [-0.2, 0) is 18.0 Å². The number of rotatable bonds is 4.